The zero-order chi connectivity index (χ0) is 18.8. The molecule has 2 heterocycles. The molecule has 0 atom stereocenters. The summed E-state index contributed by atoms with van der Waals surface area (Å²) in [6, 6.07) is 5.56. The van der Waals surface area contributed by atoms with Crippen LogP contribution < -0.4 is 9.47 Å². The van der Waals surface area contributed by atoms with Crippen molar-refractivity contribution in [2.75, 3.05) is 13.3 Å². The second-order valence-electron chi connectivity index (χ2n) is 6.03. The lowest BCUT2D eigenvalue weighted by atomic mass is 10.2. The molecule has 138 valence electrons. The molecule has 1 amide bonds. The Balaban J connectivity index is 1.73. The molecule has 2 aromatic rings. The van der Waals surface area contributed by atoms with E-state index in [0.29, 0.717) is 36.0 Å². The summed E-state index contributed by atoms with van der Waals surface area (Å²) in [5, 5.41) is 15.2. The fourth-order valence-corrected chi connectivity index (χ4v) is 2.97. The average molecular weight is 360 g/mol. The van der Waals surface area contributed by atoms with Crippen molar-refractivity contribution in [3.63, 3.8) is 0 Å². The van der Waals surface area contributed by atoms with E-state index in [1.54, 1.807) is 18.7 Å². The van der Waals surface area contributed by atoms with Crippen molar-refractivity contribution < 1.29 is 19.2 Å². The Bertz CT molecular complexity index is 861. The van der Waals surface area contributed by atoms with Crippen molar-refractivity contribution in [3.05, 3.63) is 45.3 Å². The Morgan fingerprint density at radius 2 is 2.08 bits per heavy atom. The van der Waals surface area contributed by atoms with Gasteiger partial charge in [-0.05, 0) is 38.5 Å². The van der Waals surface area contributed by atoms with Crippen LogP contribution in [0.15, 0.2) is 18.2 Å². The van der Waals surface area contributed by atoms with Crippen LogP contribution in [0, 0.1) is 24.0 Å². The molecule has 1 aliphatic heterocycles. The fraction of sp³-hybridized carbons (Fsp3) is 0.412. The number of amides is 1. The van der Waals surface area contributed by atoms with Gasteiger partial charge >= 0.3 is 5.69 Å². The summed E-state index contributed by atoms with van der Waals surface area (Å²) in [4.78, 5) is 25.0. The highest BCUT2D eigenvalue weighted by Crippen LogP contribution is 2.32. The number of aromatic nitrogens is 2. The quantitative estimate of drug-likeness (QED) is 0.578. The molecule has 0 saturated carbocycles. The third-order valence-electron chi connectivity index (χ3n) is 4.36. The summed E-state index contributed by atoms with van der Waals surface area (Å²) in [5.74, 6) is 1.20. The van der Waals surface area contributed by atoms with Gasteiger partial charge in [-0.15, -0.1) is 0 Å². The van der Waals surface area contributed by atoms with Crippen molar-refractivity contribution in [2.24, 2.45) is 0 Å². The number of ether oxygens (including phenoxy) is 2. The third-order valence-corrected chi connectivity index (χ3v) is 4.36. The second-order valence-corrected chi connectivity index (χ2v) is 6.03. The number of nitro groups is 1. The Hall–Kier alpha value is -3.10. The van der Waals surface area contributed by atoms with Crippen LogP contribution in [0.3, 0.4) is 0 Å². The van der Waals surface area contributed by atoms with Crippen molar-refractivity contribution in [1.29, 1.82) is 0 Å². The first-order chi connectivity index (χ1) is 12.4. The number of fused-ring (bicyclic) bond motifs is 1. The maximum Gasteiger partial charge on any atom is 0.312 e. The van der Waals surface area contributed by atoms with Gasteiger partial charge in [0.25, 0.3) is 0 Å². The van der Waals surface area contributed by atoms with Crippen LogP contribution >= 0.6 is 0 Å². The number of aryl methyl sites for hydroxylation is 1. The van der Waals surface area contributed by atoms with E-state index in [1.165, 1.54) is 4.68 Å². The standard InChI is InChI=1S/C17H20N4O5/c1-4-19(8-13-5-6-14-15(7-13)26-10-25-14)16(22)9-20-12(3)17(21(23)24)11(2)18-20/h5-7H,4,8-10H2,1-3H3. The van der Waals surface area contributed by atoms with Gasteiger partial charge in [0.15, 0.2) is 11.5 Å². The molecule has 1 aromatic heterocycles. The minimum absolute atomic E-state index is 0.0428. The third kappa shape index (κ3) is 3.32. The van der Waals surface area contributed by atoms with Crippen molar-refractivity contribution in [2.45, 2.75) is 33.9 Å². The number of rotatable bonds is 6. The zero-order valence-electron chi connectivity index (χ0n) is 14.9. The van der Waals surface area contributed by atoms with E-state index < -0.39 is 4.92 Å². The maximum absolute atomic E-state index is 12.7. The van der Waals surface area contributed by atoms with E-state index in [1.807, 2.05) is 25.1 Å². The Morgan fingerprint density at radius 3 is 2.73 bits per heavy atom. The minimum atomic E-state index is -0.469. The molecule has 0 saturated heterocycles. The Morgan fingerprint density at radius 1 is 1.35 bits per heavy atom. The van der Waals surface area contributed by atoms with E-state index in [9.17, 15) is 14.9 Å². The van der Waals surface area contributed by atoms with Crippen LogP contribution in [0.4, 0.5) is 5.69 Å². The summed E-state index contributed by atoms with van der Waals surface area (Å²) in [5.41, 5.74) is 1.56. The van der Waals surface area contributed by atoms with Gasteiger partial charge in [0.05, 0.1) is 4.92 Å². The predicted octanol–water partition coefficient (Wildman–Crippen LogP) is 2.19. The summed E-state index contributed by atoms with van der Waals surface area (Å²) >= 11 is 0. The summed E-state index contributed by atoms with van der Waals surface area (Å²) in [6.07, 6.45) is 0. The number of benzene rings is 1. The minimum Gasteiger partial charge on any atom is -0.454 e. The van der Waals surface area contributed by atoms with Gasteiger partial charge in [0, 0.05) is 13.1 Å². The molecule has 1 aliphatic rings. The molecule has 3 rings (SSSR count). The molecule has 9 heteroatoms. The average Bonchev–Trinajstić information content (AvgIpc) is 3.16. The highest BCUT2D eigenvalue weighted by Gasteiger charge is 2.24. The molecule has 9 nitrogen and oxygen atoms in total. The van der Waals surface area contributed by atoms with Gasteiger partial charge in [-0.1, -0.05) is 6.07 Å². The Kier molecular flexibility index (Phi) is 4.79. The number of hydrogen-bond acceptors (Lipinski definition) is 6. The number of carbonyl (C=O) groups is 1. The molecule has 26 heavy (non-hydrogen) atoms. The van der Waals surface area contributed by atoms with Crippen molar-refractivity contribution in [3.8, 4) is 11.5 Å². The van der Waals surface area contributed by atoms with Crippen molar-refractivity contribution in [1.82, 2.24) is 14.7 Å². The van der Waals surface area contributed by atoms with E-state index in [2.05, 4.69) is 5.10 Å². The topological polar surface area (TPSA) is 99.7 Å². The van der Waals surface area contributed by atoms with Gasteiger partial charge in [0.1, 0.15) is 17.9 Å². The normalized spacial score (nSPS) is 12.3. The fourth-order valence-electron chi connectivity index (χ4n) is 2.97. The highest BCUT2D eigenvalue weighted by atomic mass is 16.7. The van der Waals surface area contributed by atoms with Crippen LogP contribution in [0.25, 0.3) is 0 Å². The molecule has 0 N–H and O–H groups in total. The molecular formula is C17H20N4O5. The second kappa shape index (κ2) is 7.03. The van der Waals surface area contributed by atoms with E-state index >= 15 is 0 Å². The first-order valence-corrected chi connectivity index (χ1v) is 8.25. The molecular weight excluding hydrogens is 340 g/mol. The molecule has 1 aromatic carbocycles. The molecule has 0 radical (unpaired) electrons. The zero-order valence-corrected chi connectivity index (χ0v) is 14.9. The van der Waals surface area contributed by atoms with Gasteiger partial charge in [0.2, 0.25) is 12.7 Å². The van der Waals surface area contributed by atoms with Gasteiger partial charge in [-0.2, -0.15) is 5.10 Å². The SMILES string of the molecule is CCN(Cc1ccc2c(c1)OCO2)C(=O)Cn1nc(C)c([N+](=O)[O-])c1C. The lowest BCUT2D eigenvalue weighted by Crippen LogP contribution is -2.33. The number of likely N-dealkylation sites (N-methyl/N-ethyl adjacent to an activating group) is 1. The highest BCUT2D eigenvalue weighted by molar-refractivity contribution is 5.76. The molecule has 0 aliphatic carbocycles. The number of hydrogen-bond donors (Lipinski definition) is 0. The van der Waals surface area contributed by atoms with Crippen LogP contribution in [0.2, 0.25) is 0 Å². The smallest absolute Gasteiger partial charge is 0.312 e. The molecule has 0 bridgehead atoms. The molecule has 0 fully saturated rings. The van der Waals surface area contributed by atoms with Gasteiger partial charge < -0.3 is 14.4 Å². The van der Waals surface area contributed by atoms with E-state index in [4.69, 9.17) is 9.47 Å². The first kappa shape index (κ1) is 17.7. The predicted molar refractivity (Wildman–Crippen MR) is 92.0 cm³/mol. The summed E-state index contributed by atoms with van der Waals surface area (Å²) in [6.45, 7) is 6.12. The molecule has 0 spiro atoms. The monoisotopic (exact) mass is 360 g/mol. The van der Waals surface area contributed by atoms with E-state index in [-0.39, 0.29) is 24.9 Å². The largest absolute Gasteiger partial charge is 0.454 e. The van der Waals surface area contributed by atoms with Crippen LogP contribution in [-0.4, -0.2) is 38.8 Å². The van der Waals surface area contributed by atoms with E-state index in [0.717, 1.165) is 5.56 Å². The Labute approximate surface area is 150 Å². The summed E-state index contributed by atoms with van der Waals surface area (Å²) < 4.78 is 12.0. The summed E-state index contributed by atoms with van der Waals surface area (Å²) in [7, 11) is 0. The van der Waals surface area contributed by atoms with Gasteiger partial charge in [-0.3, -0.25) is 19.6 Å². The lowest BCUT2D eigenvalue weighted by molar-refractivity contribution is -0.386. The number of carbonyl (C=O) groups excluding carboxylic acids is 1. The van der Waals surface area contributed by atoms with Crippen LogP contribution in [0.5, 0.6) is 11.5 Å². The lowest BCUT2D eigenvalue weighted by Gasteiger charge is -2.21. The number of nitrogens with zero attached hydrogens (tertiary/aromatic N) is 4. The van der Waals surface area contributed by atoms with Crippen LogP contribution in [-0.2, 0) is 17.9 Å². The van der Waals surface area contributed by atoms with Crippen molar-refractivity contribution >= 4 is 11.6 Å². The van der Waals surface area contributed by atoms with Gasteiger partial charge in [-0.25, -0.2) is 0 Å². The first-order valence-electron chi connectivity index (χ1n) is 8.25. The maximum atomic E-state index is 12.7. The molecule has 0 unspecified atom stereocenters. The van der Waals surface area contributed by atoms with Crippen LogP contribution in [0.1, 0.15) is 23.9 Å².